The van der Waals surface area contributed by atoms with Gasteiger partial charge in [-0.25, -0.2) is 8.42 Å². The van der Waals surface area contributed by atoms with Crippen LogP contribution < -0.4 is 19.1 Å². The summed E-state index contributed by atoms with van der Waals surface area (Å²) in [5.74, 6) is -0.254. The summed E-state index contributed by atoms with van der Waals surface area (Å²) >= 11 is 6.44. The SMILES string of the molecule is COc1ccc(S(=O)(=O)N(CC(=O)N(Cc2ccccc2Cl)[C@@H](C)C(=O)NC2CCCC2)c2ccccc2)cc1OC. The van der Waals surface area contributed by atoms with Gasteiger partial charge in [0.2, 0.25) is 11.8 Å². The number of anilines is 1. The van der Waals surface area contributed by atoms with Crippen molar-refractivity contribution in [3.8, 4) is 11.5 Å². The van der Waals surface area contributed by atoms with Gasteiger partial charge in [-0.2, -0.15) is 0 Å². The maximum Gasteiger partial charge on any atom is 0.264 e. The highest BCUT2D eigenvalue weighted by Crippen LogP contribution is 2.32. The van der Waals surface area contributed by atoms with Crippen LogP contribution in [0.2, 0.25) is 5.02 Å². The first-order valence-corrected chi connectivity index (χ1v) is 15.6. The summed E-state index contributed by atoms with van der Waals surface area (Å²) in [4.78, 5) is 28.7. The van der Waals surface area contributed by atoms with Gasteiger partial charge in [0.05, 0.1) is 24.8 Å². The Bertz CT molecular complexity index is 1500. The third-order valence-electron chi connectivity index (χ3n) is 7.43. The summed E-state index contributed by atoms with van der Waals surface area (Å²) in [5.41, 5.74) is 0.934. The monoisotopic (exact) mass is 613 g/mol. The molecule has 1 saturated carbocycles. The third-order valence-corrected chi connectivity index (χ3v) is 9.57. The molecule has 3 aromatic rings. The molecule has 2 amide bonds. The van der Waals surface area contributed by atoms with Gasteiger partial charge in [-0.3, -0.25) is 13.9 Å². The van der Waals surface area contributed by atoms with Crippen molar-refractivity contribution in [1.82, 2.24) is 10.2 Å². The van der Waals surface area contributed by atoms with Crippen LogP contribution in [0.25, 0.3) is 0 Å². The van der Waals surface area contributed by atoms with Crippen LogP contribution in [0, 0.1) is 0 Å². The van der Waals surface area contributed by atoms with Crippen LogP contribution in [-0.2, 0) is 26.2 Å². The normalized spacial score (nSPS) is 14.2. The van der Waals surface area contributed by atoms with Gasteiger partial charge >= 0.3 is 0 Å². The zero-order valence-electron chi connectivity index (χ0n) is 24.0. The van der Waals surface area contributed by atoms with Crippen molar-refractivity contribution in [1.29, 1.82) is 0 Å². The minimum absolute atomic E-state index is 0.0246. The number of ether oxygens (including phenoxy) is 2. The molecule has 4 rings (SSSR count). The van der Waals surface area contributed by atoms with Crippen LogP contribution in [0.1, 0.15) is 38.2 Å². The smallest absolute Gasteiger partial charge is 0.264 e. The summed E-state index contributed by atoms with van der Waals surface area (Å²) in [6.45, 7) is 1.12. The number of halogens is 1. The molecule has 1 atom stereocenters. The summed E-state index contributed by atoms with van der Waals surface area (Å²) < 4.78 is 39.8. The minimum Gasteiger partial charge on any atom is -0.493 e. The van der Waals surface area contributed by atoms with E-state index >= 15 is 0 Å². The lowest BCUT2D eigenvalue weighted by atomic mass is 10.1. The van der Waals surface area contributed by atoms with Crippen molar-refractivity contribution < 1.29 is 27.5 Å². The first kappa shape index (κ1) is 31.2. The topological polar surface area (TPSA) is 105 Å². The number of nitrogens with one attached hydrogen (secondary N) is 1. The van der Waals surface area contributed by atoms with Gasteiger partial charge in [0.15, 0.2) is 11.5 Å². The van der Waals surface area contributed by atoms with Crippen LogP contribution in [0.15, 0.2) is 77.7 Å². The molecule has 0 saturated heterocycles. The van der Waals surface area contributed by atoms with E-state index < -0.39 is 28.5 Å². The molecule has 1 aliphatic carbocycles. The zero-order chi connectivity index (χ0) is 30.3. The van der Waals surface area contributed by atoms with Crippen molar-refractivity contribution in [3.63, 3.8) is 0 Å². The number of amides is 2. The average Bonchev–Trinajstić information content (AvgIpc) is 3.52. The van der Waals surface area contributed by atoms with Crippen molar-refractivity contribution in [2.24, 2.45) is 0 Å². The van der Waals surface area contributed by atoms with Crippen molar-refractivity contribution in [2.75, 3.05) is 25.1 Å². The van der Waals surface area contributed by atoms with Gasteiger partial charge in [0, 0.05) is 23.7 Å². The van der Waals surface area contributed by atoms with Gasteiger partial charge in [-0.05, 0) is 55.7 Å². The molecular formula is C31H36ClN3O6S. The lowest BCUT2D eigenvalue weighted by Crippen LogP contribution is -2.52. The molecule has 1 aliphatic rings. The van der Waals surface area contributed by atoms with E-state index in [1.54, 1.807) is 61.5 Å². The number of hydrogen-bond donors (Lipinski definition) is 1. The minimum atomic E-state index is -4.26. The lowest BCUT2D eigenvalue weighted by Gasteiger charge is -2.32. The van der Waals surface area contributed by atoms with Crippen LogP contribution in [-0.4, -0.2) is 58.0 Å². The van der Waals surface area contributed by atoms with E-state index in [2.05, 4.69) is 5.32 Å². The van der Waals surface area contributed by atoms with Crippen molar-refractivity contribution in [2.45, 2.75) is 56.1 Å². The lowest BCUT2D eigenvalue weighted by molar-refractivity contribution is -0.139. The Balaban J connectivity index is 1.70. The number of para-hydroxylation sites is 1. The Hall–Kier alpha value is -3.76. The van der Waals surface area contributed by atoms with E-state index in [0.29, 0.717) is 22.0 Å². The average molecular weight is 614 g/mol. The van der Waals surface area contributed by atoms with Gasteiger partial charge < -0.3 is 19.7 Å². The van der Waals surface area contributed by atoms with Gasteiger partial charge in [-0.1, -0.05) is 60.8 Å². The first-order chi connectivity index (χ1) is 20.1. The van der Waals surface area contributed by atoms with E-state index in [1.165, 1.54) is 37.3 Å². The summed E-state index contributed by atoms with van der Waals surface area (Å²) in [6, 6.07) is 18.9. The highest BCUT2D eigenvalue weighted by molar-refractivity contribution is 7.92. The molecule has 0 heterocycles. The molecule has 1 N–H and O–H groups in total. The number of hydrogen-bond acceptors (Lipinski definition) is 6. The molecule has 3 aromatic carbocycles. The Morgan fingerprint density at radius 1 is 0.952 bits per heavy atom. The number of carbonyl (C=O) groups is 2. The number of nitrogens with zero attached hydrogens (tertiary/aromatic N) is 2. The third kappa shape index (κ3) is 7.17. The Kier molecular flexibility index (Phi) is 10.3. The number of sulfonamides is 1. The largest absolute Gasteiger partial charge is 0.493 e. The molecule has 0 unspecified atom stereocenters. The van der Waals surface area contributed by atoms with E-state index in [1.807, 2.05) is 0 Å². The highest BCUT2D eigenvalue weighted by Gasteiger charge is 2.34. The number of benzene rings is 3. The van der Waals surface area contributed by atoms with Gasteiger partial charge in [-0.15, -0.1) is 0 Å². The van der Waals surface area contributed by atoms with E-state index in [-0.39, 0.29) is 29.1 Å². The Labute approximate surface area is 252 Å². The summed E-state index contributed by atoms with van der Waals surface area (Å²) in [7, 11) is -1.39. The standard InChI is InChI=1S/C31H36ClN3O6S/c1-22(31(37)33-24-12-8-9-13-24)34(20-23-11-7-10-16-27(23)32)30(36)21-35(25-14-5-4-6-15-25)42(38,39)26-17-18-28(40-2)29(19-26)41-3/h4-7,10-11,14-19,22,24H,8-9,12-13,20-21H2,1-3H3,(H,33,37)/t22-/m0/s1. The molecule has 0 spiro atoms. The van der Waals surface area contributed by atoms with Crippen LogP contribution in [0.4, 0.5) is 5.69 Å². The second-order valence-electron chi connectivity index (χ2n) is 10.1. The molecule has 1 fully saturated rings. The molecule has 224 valence electrons. The van der Waals surface area contributed by atoms with Crippen molar-refractivity contribution >= 4 is 39.1 Å². The molecule has 42 heavy (non-hydrogen) atoms. The fraction of sp³-hybridized carbons (Fsp3) is 0.355. The Morgan fingerprint density at radius 3 is 2.24 bits per heavy atom. The second-order valence-corrected chi connectivity index (χ2v) is 12.4. The molecule has 0 radical (unpaired) electrons. The molecular weight excluding hydrogens is 578 g/mol. The molecule has 0 aliphatic heterocycles. The van der Waals surface area contributed by atoms with Crippen LogP contribution >= 0.6 is 11.6 Å². The van der Waals surface area contributed by atoms with E-state index in [9.17, 15) is 18.0 Å². The quantitative estimate of drug-likeness (QED) is 0.307. The summed E-state index contributed by atoms with van der Waals surface area (Å²) in [5, 5.41) is 3.50. The number of methoxy groups -OCH3 is 2. The van der Waals surface area contributed by atoms with Gasteiger partial charge in [0.1, 0.15) is 12.6 Å². The predicted molar refractivity (Wildman–Crippen MR) is 162 cm³/mol. The Morgan fingerprint density at radius 2 is 1.60 bits per heavy atom. The van der Waals surface area contributed by atoms with Gasteiger partial charge in [0.25, 0.3) is 10.0 Å². The molecule has 0 bridgehead atoms. The van der Waals surface area contributed by atoms with Crippen molar-refractivity contribution in [3.05, 3.63) is 83.4 Å². The zero-order valence-corrected chi connectivity index (χ0v) is 25.5. The predicted octanol–water partition coefficient (Wildman–Crippen LogP) is 5.03. The maximum absolute atomic E-state index is 14.1. The second kappa shape index (κ2) is 13.9. The van der Waals surface area contributed by atoms with E-state index in [0.717, 1.165) is 30.0 Å². The maximum atomic E-state index is 14.1. The number of rotatable bonds is 12. The fourth-order valence-corrected chi connectivity index (χ4v) is 6.64. The van der Waals surface area contributed by atoms with Crippen LogP contribution in [0.5, 0.6) is 11.5 Å². The van der Waals surface area contributed by atoms with E-state index in [4.69, 9.17) is 21.1 Å². The molecule has 0 aromatic heterocycles. The fourth-order valence-electron chi connectivity index (χ4n) is 5.01. The highest BCUT2D eigenvalue weighted by atomic mass is 35.5. The molecule has 11 heteroatoms. The summed E-state index contributed by atoms with van der Waals surface area (Å²) in [6.07, 6.45) is 3.87. The van der Waals surface area contributed by atoms with Crippen LogP contribution in [0.3, 0.4) is 0 Å². The molecule has 9 nitrogen and oxygen atoms in total. The first-order valence-electron chi connectivity index (χ1n) is 13.8. The number of carbonyl (C=O) groups excluding carboxylic acids is 2.